The summed E-state index contributed by atoms with van der Waals surface area (Å²) in [5.74, 6) is 0.221. The van der Waals surface area contributed by atoms with E-state index < -0.39 is 9.84 Å². The molecule has 0 fully saturated rings. The number of amides is 1. The molecule has 0 saturated heterocycles. The second-order valence-corrected chi connectivity index (χ2v) is 5.91. The molecule has 0 atom stereocenters. The minimum absolute atomic E-state index is 0.0580. The lowest BCUT2D eigenvalue weighted by molar-refractivity contribution is -0.120. The van der Waals surface area contributed by atoms with Crippen molar-refractivity contribution in [2.24, 2.45) is 0 Å². The molecule has 5 heteroatoms. The summed E-state index contributed by atoms with van der Waals surface area (Å²) in [6, 6.07) is 0. The van der Waals surface area contributed by atoms with Gasteiger partial charge in [-0.25, -0.2) is 8.42 Å². The van der Waals surface area contributed by atoms with Crippen LogP contribution in [0.25, 0.3) is 0 Å². The monoisotopic (exact) mass is 235 g/mol. The molecule has 1 N–H and O–H groups in total. The number of carbonyl (C=O) groups excluding carboxylic acids is 1. The molecular weight excluding hydrogens is 214 g/mol. The first-order chi connectivity index (χ1) is 7.02. The van der Waals surface area contributed by atoms with E-state index in [9.17, 15) is 13.2 Å². The topological polar surface area (TPSA) is 63.2 Å². The van der Waals surface area contributed by atoms with Gasteiger partial charge in [0.25, 0.3) is 0 Å². The van der Waals surface area contributed by atoms with Gasteiger partial charge in [0.2, 0.25) is 5.91 Å². The molecule has 0 aromatic rings. The first-order valence-corrected chi connectivity index (χ1v) is 7.31. The van der Waals surface area contributed by atoms with Crippen LogP contribution >= 0.6 is 0 Å². The quantitative estimate of drug-likeness (QED) is 0.685. The molecule has 0 saturated carbocycles. The first-order valence-electron chi connectivity index (χ1n) is 5.49. The summed E-state index contributed by atoms with van der Waals surface area (Å²) in [4.78, 5) is 11.0. The predicted molar refractivity (Wildman–Crippen MR) is 61.5 cm³/mol. The van der Waals surface area contributed by atoms with Crippen molar-refractivity contribution in [2.75, 3.05) is 18.1 Å². The van der Waals surface area contributed by atoms with E-state index in [1.54, 1.807) is 0 Å². The Kier molecular flexibility index (Phi) is 7.38. The molecule has 0 aliphatic heterocycles. The van der Waals surface area contributed by atoms with Crippen LogP contribution in [0.5, 0.6) is 0 Å². The summed E-state index contributed by atoms with van der Waals surface area (Å²) in [6.07, 6.45) is 2.83. The molecule has 0 heterocycles. The lowest BCUT2D eigenvalue weighted by atomic mass is 10.3. The zero-order valence-electron chi connectivity index (χ0n) is 9.58. The van der Waals surface area contributed by atoms with Crippen molar-refractivity contribution in [3.8, 4) is 0 Å². The van der Waals surface area contributed by atoms with Gasteiger partial charge in [-0.2, -0.15) is 0 Å². The molecule has 0 aromatic carbocycles. The fourth-order valence-corrected chi connectivity index (χ4v) is 2.47. The highest BCUT2D eigenvalue weighted by Crippen LogP contribution is 1.96. The second kappa shape index (κ2) is 7.68. The fourth-order valence-electron chi connectivity index (χ4n) is 1.13. The number of carbonyl (C=O) groups is 1. The molecule has 15 heavy (non-hydrogen) atoms. The van der Waals surface area contributed by atoms with Gasteiger partial charge in [-0.3, -0.25) is 4.79 Å². The smallest absolute Gasteiger partial charge is 0.220 e. The molecule has 0 aromatic heterocycles. The van der Waals surface area contributed by atoms with E-state index in [0.717, 1.165) is 12.8 Å². The van der Waals surface area contributed by atoms with E-state index >= 15 is 0 Å². The Morgan fingerprint density at radius 1 is 1.13 bits per heavy atom. The van der Waals surface area contributed by atoms with Gasteiger partial charge in [-0.1, -0.05) is 20.3 Å². The first kappa shape index (κ1) is 14.4. The average Bonchev–Trinajstić information content (AvgIpc) is 2.15. The Hall–Kier alpha value is -0.580. The van der Waals surface area contributed by atoms with Crippen molar-refractivity contribution in [3.63, 3.8) is 0 Å². The molecular formula is C10H21NO3S. The minimum atomic E-state index is -2.97. The number of sulfone groups is 1. The number of nitrogens with one attached hydrogen (secondary N) is 1. The molecule has 0 aliphatic carbocycles. The molecule has 90 valence electrons. The van der Waals surface area contributed by atoms with Gasteiger partial charge in [0.1, 0.15) is 0 Å². The summed E-state index contributed by atoms with van der Waals surface area (Å²) in [5, 5.41) is 2.60. The normalized spacial score (nSPS) is 11.3. The number of hydrogen-bond donors (Lipinski definition) is 1. The largest absolute Gasteiger partial charge is 0.355 e. The van der Waals surface area contributed by atoms with Gasteiger partial charge in [-0.15, -0.1) is 0 Å². The third-order valence-corrected chi connectivity index (χ3v) is 3.76. The summed E-state index contributed by atoms with van der Waals surface area (Å²) in [7, 11) is -2.97. The lowest BCUT2D eigenvalue weighted by Crippen LogP contribution is -2.29. The van der Waals surface area contributed by atoms with Crippen molar-refractivity contribution in [1.82, 2.24) is 5.32 Å². The van der Waals surface area contributed by atoms with Gasteiger partial charge in [0.05, 0.1) is 11.5 Å². The van der Waals surface area contributed by atoms with Gasteiger partial charge < -0.3 is 5.32 Å². The van der Waals surface area contributed by atoms with Crippen molar-refractivity contribution in [3.05, 3.63) is 0 Å². The van der Waals surface area contributed by atoms with Crippen molar-refractivity contribution < 1.29 is 13.2 Å². The third kappa shape index (κ3) is 8.42. The van der Waals surface area contributed by atoms with E-state index in [1.807, 2.05) is 13.8 Å². The fraction of sp³-hybridized carbons (Fsp3) is 0.900. The molecule has 0 aliphatic rings. The summed E-state index contributed by atoms with van der Waals surface area (Å²) in [6.45, 7) is 4.11. The van der Waals surface area contributed by atoms with Crippen LogP contribution in [0.4, 0.5) is 0 Å². The number of rotatable bonds is 8. The zero-order valence-corrected chi connectivity index (χ0v) is 10.4. The standard InChI is InChI=1S/C10H21NO3S/c1-3-5-8-15(13,14)9-7-11-10(12)6-4-2/h3-9H2,1-2H3,(H,11,12). The van der Waals surface area contributed by atoms with Crippen LogP contribution in [0.2, 0.25) is 0 Å². The van der Waals surface area contributed by atoms with Crippen LogP contribution in [0.1, 0.15) is 39.5 Å². The predicted octanol–water partition coefficient (Wildman–Crippen LogP) is 1.12. The van der Waals surface area contributed by atoms with E-state index in [0.29, 0.717) is 12.8 Å². The van der Waals surface area contributed by atoms with Crippen LogP contribution in [0.15, 0.2) is 0 Å². The third-order valence-electron chi connectivity index (χ3n) is 2.02. The highest BCUT2D eigenvalue weighted by Gasteiger charge is 2.10. The lowest BCUT2D eigenvalue weighted by Gasteiger charge is -2.05. The van der Waals surface area contributed by atoms with Gasteiger partial charge in [0, 0.05) is 13.0 Å². The van der Waals surface area contributed by atoms with E-state index in [2.05, 4.69) is 5.32 Å². The number of hydrogen-bond acceptors (Lipinski definition) is 3. The van der Waals surface area contributed by atoms with Crippen molar-refractivity contribution in [2.45, 2.75) is 39.5 Å². The molecule has 0 spiro atoms. The molecule has 1 amide bonds. The van der Waals surface area contributed by atoms with Crippen molar-refractivity contribution >= 4 is 15.7 Å². The molecule has 0 unspecified atom stereocenters. The summed E-state index contributed by atoms with van der Waals surface area (Å²) < 4.78 is 22.8. The highest BCUT2D eigenvalue weighted by atomic mass is 32.2. The van der Waals surface area contributed by atoms with E-state index in [4.69, 9.17) is 0 Å². The Morgan fingerprint density at radius 2 is 1.80 bits per heavy atom. The van der Waals surface area contributed by atoms with E-state index in [-0.39, 0.29) is 24.0 Å². The SMILES string of the molecule is CCCCS(=O)(=O)CCNC(=O)CCC. The minimum Gasteiger partial charge on any atom is -0.355 e. The maximum absolute atomic E-state index is 11.4. The molecule has 4 nitrogen and oxygen atoms in total. The summed E-state index contributed by atoms with van der Waals surface area (Å²) in [5.41, 5.74) is 0. The maximum Gasteiger partial charge on any atom is 0.220 e. The second-order valence-electron chi connectivity index (χ2n) is 3.61. The van der Waals surface area contributed by atoms with Crippen molar-refractivity contribution in [1.29, 1.82) is 0 Å². The van der Waals surface area contributed by atoms with E-state index in [1.165, 1.54) is 0 Å². The van der Waals surface area contributed by atoms with Crippen LogP contribution < -0.4 is 5.32 Å². The van der Waals surface area contributed by atoms with Gasteiger partial charge >= 0.3 is 0 Å². The number of unbranched alkanes of at least 4 members (excludes halogenated alkanes) is 1. The highest BCUT2D eigenvalue weighted by molar-refractivity contribution is 7.91. The Labute approximate surface area is 92.4 Å². The zero-order chi connectivity index (χ0) is 11.7. The van der Waals surface area contributed by atoms with Crippen LogP contribution in [-0.2, 0) is 14.6 Å². The van der Waals surface area contributed by atoms with Crippen LogP contribution in [0.3, 0.4) is 0 Å². The molecule has 0 rings (SSSR count). The Bertz CT molecular complexity index is 272. The maximum atomic E-state index is 11.4. The molecule has 0 bridgehead atoms. The van der Waals surface area contributed by atoms with Crippen LogP contribution in [-0.4, -0.2) is 32.4 Å². The Morgan fingerprint density at radius 3 is 2.33 bits per heavy atom. The summed E-state index contributed by atoms with van der Waals surface area (Å²) >= 11 is 0. The average molecular weight is 235 g/mol. The van der Waals surface area contributed by atoms with Gasteiger partial charge in [0.15, 0.2) is 9.84 Å². The Balaban J connectivity index is 3.70. The van der Waals surface area contributed by atoms with Crippen LogP contribution in [0, 0.1) is 0 Å². The molecule has 0 radical (unpaired) electrons. The van der Waals surface area contributed by atoms with Gasteiger partial charge in [-0.05, 0) is 12.8 Å².